The van der Waals surface area contributed by atoms with Crippen LogP contribution < -0.4 is 9.47 Å². The van der Waals surface area contributed by atoms with E-state index < -0.39 is 28.9 Å². The number of hydrogen-bond acceptors (Lipinski definition) is 8. The molecule has 2 heterocycles. The minimum absolute atomic E-state index is 0.0103. The van der Waals surface area contributed by atoms with Crippen LogP contribution in [0.25, 0.3) is 68.3 Å². The first kappa shape index (κ1) is 52.3. The number of ether oxygens (including phenoxy) is 2. The molecule has 0 fully saturated rings. The second kappa shape index (κ2) is 23.2. The molecule has 0 aliphatic carbocycles. The number of rotatable bonds is 12. The fraction of sp³-hybridized carbons (Fsp3) is 0.115. The Labute approximate surface area is 430 Å². The summed E-state index contributed by atoms with van der Waals surface area (Å²) in [7, 11) is 0. The van der Waals surface area contributed by atoms with E-state index >= 15 is 26.3 Å². The van der Waals surface area contributed by atoms with Gasteiger partial charge in [-0.2, -0.15) is 26.3 Å². The maximum absolute atomic E-state index is 15.2. The molecule has 10 rings (SSSR count). The van der Waals surface area contributed by atoms with Gasteiger partial charge in [0.05, 0.1) is 0 Å². The zero-order valence-electron chi connectivity index (χ0n) is 41.1. The zero-order chi connectivity index (χ0) is 53.0. The Morgan fingerprint density at radius 3 is 0.640 bits per heavy atom. The SMILES string of the molecule is CC.CC.FC(F)(F)C(c1ccc(Oc2ccc(-c3nc(-c4ccccc4)nc(-c4ccccc4)n3)cc2)cc1)(c1ccc(Oc2ccc(-c3nc(-c4ccccc4)nc(-c4ccccc4)n3)cc2)cc1)C(F)(F)F. The van der Waals surface area contributed by atoms with Crippen molar-refractivity contribution in [2.45, 2.75) is 45.5 Å². The second-order valence-electron chi connectivity index (χ2n) is 16.1. The molecule has 376 valence electrons. The molecule has 0 aliphatic rings. The smallest absolute Gasteiger partial charge is 0.411 e. The van der Waals surface area contributed by atoms with E-state index in [-0.39, 0.29) is 23.0 Å². The Balaban J connectivity index is 0.00000182. The van der Waals surface area contributed by atoms with Crippen LogP contribution in [0.15, 0.2) is 218 Å². The van der Waals surface area contributed by atoms with Gasteiger partial charge in [0.2, 0.25) is 5.41 Å². The summed E-state index contributed by atoms with van der Waals surface area (Å²) in [5.41, 5.74) is -2.11. The van der Waals surface area contributed by atoms with Crippen molar-refractivity contribution in [3.63, 3.8) is 0 Å². The van der Waals surface area contributed by atoms with Crippen molar-refractivity contribution in [2.75, 3.05) is 0 Å². The number of benzene rings is 8. The van der Waals surface area contributed by atoms with Crippen molar-refractivity contribution < 1.29 is 35.8 Å². The monoisotopic (exact) mass is 1010 g/mol. The number of alkyl halides is 6. The van der Waals surface area contributed by atoms with Crippen molar-refractivity contribution in [3.05, 3.63) is 230 Å². The maximum Gasteiger partial charge on any atom is 0.411 e. The molecule has 0 spiro atoms. The van der Waals surface area contributed by atoms with Gasteiger partial charge in [-0.25, -0.2) is 29.9 Å². The Kier molecular flexibility index (Phi) is 16.2. The first-order valence-electron chi connectivity index (χ1n) is 24.1. The molecule has 8 aromatic carbocycles. The molecule has 14 heteroatoms. The molecule has 0 bridgehead atoms. The Hall–Kier alpha value is -9.04. The largest absolute Gasteiger partial charge is 0.457 e. The Morgan fingerprint density at radius 1 is 0.253 bits per heavy atom. The third-order valence-corrected chi connectivity index (χ3v) is 11.5. The summed E-state index contributed by atoms with van der Waals surface area (Å²) in [6, 6.07) is 58.3. The fourth-order valence-electron chi connectivity index (χ4n) is 8.02. The van der Waals surface area contributed by atoms with E-state index in [1.165, 1.54) is 0 Å². The molecule has 0 N–H and O–H groups in total. The first-order chi connectivity index (χ1) is 36.4. The summed E-state index contributed by atoms with van der Waals surface area (Å²) in [6.45, 7) is 8.00. The van der Waals surface area contributed by atoms with Crippen LogP contribution in [-0.4, -0.2) is 42.3 Å². The van der Waals surface area contributed by atoms with E-state index in [0.29, 0.717) is 46.1 Å². The molecule has 0 radical (unpaired) electrons. The normalized spacial score (nSPS) is 11.3. The van der Waals surface area contributed by atoms with Crippen molar-refractivity contribution in [3.8, 4) is 91.3 Å². The summed E-state index contributed by atoms with van der Waals surface area (Å²) < 4.78 is 103. The molecule has 10 aromatic rings. The van der Waals surface area contributed by atoms with Gasteiger partial charge in [0.25, 0.3) is 0 Å². The number of aromatic nitrogens is 6. The van der Waals surface area contributed by atoms with Gasteiger partial charge in [-0.15, -0.1) is 0 Å². The molecule has 0 saturated heterocycles. The van der Waals surface area contributed by atoms with Gasteiger partial charge in [-0.05, 0) is 83.9 Å². The topological polar surface area (TPSA) is 95.8 Å². The predicted molar refractivity (Wildman–Crippen MR) is 281 cm³/mol. The molecule has 0 amide bonds. The van der Waals surface area contributed by atoms with Crippen LogP contribution in [0.3, 0.4) is 0 Å². The number of hydrogen-bond donors (Lipinski definition) is 0. The lowest BCUT2D eigenvalue weighted by molar-refractivity contribution is -0.288. The van der Waals surface area contributed by atoms with Gasteiger partial charge in [0, 0.05) is 33.4 Å². The number of halogens is 6. The molecule has 75 heavy (non-hydrogen) atoms. The van der Waals surface area contributed by atoms with Gasteiger partial charge < -0.3 is 9.47 Å². The lowest BCUT2D eigenvalue weighted by atomic mass is 9.73. The van der Waals surface area contributed by atoms with Crippen molar-refractivity contribution in [1.29, 1.82) is 0 Å². The Bertz CT molecular complexity index is 3060. The van der Waals surface area contributed by atoms with Gasteiger partial charge in [-0.1, -0.05) is 173 Å². The second-order valence-corrected chi connectivity index (χ2v) is 16.1. The van der Waals surface area contributed by atoms with Crippen LogP contribution in [-0.2, 0) is 5.41 Å². The van der Waals surface area contributed by atoms with E-state index in [1.807, 2.05) is 149 Å². The molecule has 2 aromatic heterocycles. The minimum atomic E-state index is -5.81. The van der Waals surface area contributed by atoms with Gasteiger partial charge >= 0.3 is 12.4 Å². The van der Waals surface area contributed by atoms with E-state index in [9.17, 15) is 0 Å². The average molecular weight is 1010 g/mol. The minimum Gasteiger partial charge on any atom is -0.457 e. The first-order valence-corrected chi connectivity index (χ1v) is 24.1. The predicted octanol–water partition coefficient (Wildman–Crippen LogP) is 17.1. The summed E-state index contributed by atoms with van der Waals surface area (Å²) in [4.78, 5) is 28.2. The van der Waals surface area contributed by atoms with Crippen LogP contribution in [0.2, 0.25) is 0 Å². The van der Waals surface area contributed by atoms with E-state index in [1.54, 1.807) is 48.5 Å². The van der Waals surface area contributed by atoms with E-state index in [4.69, 9.17) is 39.4 Å². The zero-order valence-corrected chi connectivity index (χ0v) is 41.1. The molecule has 8 nitrogen and oxygen atoms in total. The van der Waals surface area contributed by atoms with Crippen molar-refractivity contribution in [2.24, 2.45) is 0 Å². The highest BCUT2D eigenvalue weighted by Gasteiger charge is 2.72. The van der Waals surface area contributed by atoms with Crippen LogP contribution in [0, 0.1) is 0 Å². The van der Waals surface area contributed by atoms with Crippen LogP contribution in [0.1, 0.15) is 38.8 Å². The van der Waals surface area contributed by atoms with Gasteiger partial charge in [0.1, 0.15) is 23.0 Å². The Morgan fingerprint density at radius 2 is 0.440 bits per heavy atom. The highest BCUT2D eigenvalue weighted by molar-refractivity contribution is 5.68. The summed E-state index contributed by atoms with van der Waals surface area (Å²) in [5.74, 6) is 3.17. The molecule has 0 saturated carbocycles. The lowest BCUT2D eigenvalue weighted by Crippen LogP contribution is -2.54. The quantitative estimate of drug-likeness (QED) is 0.112. The average Bonchev–Trinajstić information content (AvgIpc) is 3.45. The van der Waals surface area contributed by atoms with Crippen molar-refractivity contribution >= 4 is 0 Å². The maximum atomic E-state index is 15.2. The third-order valence-electron chi connectivity index (χ3n) is 11.5. The summed E-state index contributed by atoms with van der Waals surface area (Å²) >= 11 is 0. The van der Waals surface area contributed by atoms with Gasteiger partial charge in [0.15, 0.2) is 34.9 Å². The third kappa shape index (κ3) is 11.6. The molecule has 0 unspecified atom stereocenters. The molecule has 0 aliphatic heterocycles. The van der Waals surface area contributed by atoms with Crippen LogP contribution in [0.5, 0.6) is 23.0 Å². The van der Waals surface area contributed by atoms with E-state index in [2.05, 4.69) is 0 Å². The molecule has 0 atom stereocenters. The molecular formula is C61H48F6N6O2. The summed E-state index contributed by atoms with van der Waals surface area (Å²) in [5, 5.41) is 0. The standard InChI is InChI=1S/C57H36F6N6O2.2C2H6/c58-56(59,60)55(57(61,62)63,43-25-33-47(34-26-43)70-45-29-21-41(22-30-45)53-66-49(37-13-5-1-6-14-37)64-50(67-53)38-15-7-2-8-16-38)44-27-35-48(36-28-44)71-46-31-23-42(24-32-46)54-68-51(39-17-9-3-10-18-39)65-52(69-54)40-19-11-4-12-20-40;2*1-2/h1-36H;2*1-2H3. The van der Waals surface area contributed by atoms with Crippen LogP contribution in [0.4, 0.5) is 26.3 Å². The number of nitrogens with zero attached hydrogens (tertiary/aromatic N) is 6. The van der Waals surface area contributed by atoms with Crippen LogP contribution >= 0.6 is 0 Å². The van der Waals surface area contributed by atoms with E-state index in [0.717, 1.165) is 70.8 Å². The fourth-order valence-corrected chi connectivity index (χ4v) is 8.02. The van der Waals surface area contributed by atoms with Crippen molar-refractivity contribution in [1.82, 2.24) is 29.9 Å². The highest BCUT2D eigenvalue weighted by Crippen LogP contribution is 2.56. The summed E-state index contributed by atoms with van der Waals surface area (Å²) in [6.07, 6.45) is -11.6. The molecular weight excluding hydrogens is 963 g/mol. The lowest BCUT2D eigenvalue weighted by Gasteiger charge is -2.38. The highest BCUT2D eigenvalue weighted by atomic mass is 19.4. The van der Waals surface area contributed by atoms with Gasteiger partial charge in [-0.3, -0.25) is 0 Å².